The molecular formula is C20H28N2O4. The topological polar surface area (TPSA) is 76.7 Å². The van der Waals surface area contributed by atoms with Gasteiger partial charge < -0.3 is 9.47 Å². The number of hydrogen-bond donors (Lipinski definition) is 2. The smallest absolute Gasteiger partial charge is 0.262 e. The van der Waals surface area contributed by atoms with Gasteiger partial charge in [0, 0.05) is 12.0 Å². The lowest BCUT2D eigenvalue weighted by Gasteiger charge is -2.20. The molecule has 1 aliphatic carbocycles. The van der Waals surface area contributed by atoms with E-state index in [-0.39, 0.29) is 17.7 Å². The van der Waals surface area contributed by atoms with Gasteiger partial charge in [-0.2, -0.15) is 0 Å². The zero-order chi connectivity index (χ0) is 18.8. The van der Waals surface area contributed by atoms with Crippen LogP contribution in [0, 0.1) is 5.92 Å². The Hall–Kier alpha value is -2.50. The van der Waals surface area contributed by atoms with Crippen molar-refractivity contribution in [3.8, 4) is 11.5 Å². The summed E-state index contributed by atoms with van der Waals surface area (Å²) in [5, 5.41) is 0. The van der Waals surface area contributed by atoms with Crippen molar-refractivity contribution >= 4 is 17.9 Å². The molecule has 1 aromatic carbocycles. The zero-order valence-electron chi connectivity index (χ0n) is 15.5. The van der Waals surface area contributed by atoms with Gasteiger partial charge in [0.15, 0.2) is 11.5 Å². The summed E-state index contributed by atoms with van der Waals surface area (Å²) in [6.07, 6.45) is 8.17. The van der Waals surface area contributed by atoms with Gasteiger partial charge in [-0.3, -0.25) is 20.4 Å². The second kappa shape index (κ2) is 10.5. The van der Waals surface area contributed by atoms with Crippen molar-refractivity contribution in [2.24, 2.45) is 5.92 Å². The molecule has 0 heterocycles. The molecule has 2 rings (SSSR count). The SMILES string of the molecule is CCOc1ccc(/C=C/C(=O)NNC(=O)C2CCCCC2)cc1OCC. The third-order valence-corrected chi connectivity index (χ3v) is 4.28. The Morgan fingerprint density at radius 1 is 1.04 bits per heavy atom. The molecule has 0 aliphatic heterocycles. The highest BCUT2D eigenvalue weighted by atomic mass is 16.5. The quantitative estimate of drug-likeness (QED) is 0.578. The highest BCUT2D eigenvalue weighted by molar-refractivity contribution is 5.93. The Labute approximate surface area is 154 Å². The first kappa shape index (κ1) is 19.8. The summed E-state index contributed by atoms with van der Waals surface area (Å²) in [5.74, 6) is 0.846. The number of carbonyl (C=O) groups is 2. The van der Waals surface area contributed by atoms with Crippen LogP contribution in [0.15, 0.2) is 24.3 Å². The Balaban J connectivity index is 1.88. The lowest BCUT2D eigenvalue weighted by atomic mass is 9.89. The van der Waals surface area contributed by atoms with Crippen LogP contribution in [0.3, 0.4) is 0 Å². The second-order valence-corrected chi connectivity index (χ2v) is 6.22. The monoisotopic (exact) mass is 360 g/mol. The predicted octanol–water partition coefficient (Wildman–Crippen LogP) is 3.22. The van der Waals surface area contributed by atoms with Crippen LogP contribution in [0.5, 0.6) is 11.5 Å². The maximum atomic E-state index is 12.0. The first-order chi connectivity index (χ1) is 12.6. The van der Waals surface area contributed by atoms with Gasteiger partial charge in [-0.05, 0) is 50.5 Å². The van der Waals surface area contributed by atoms with Crippen molar-refractivity contribution in [3.05, 3.63) is 29.8 Å². The molecule has 0 radical (unpaired) electrons. The highest BCUT2D eigenvalue weighted by Gasteiger charge is 2.20. The maximum absolute atomic E-state index is 12.0. The van der Waals surface area contributed by atoms with Crippen molar-refractivity contribution in [1.29, 1.82) is 0 Å². The molecule has 1 aromatic rings. The fraction of sp³-hybridized carbons (Fsp3) is 0.500. The molecule has 1 fully saturated rings. The molecule has 2 N–H and O–H groups in total. The molecule has 26 heavy (non-hydrogen) atoms. The number of ether oxygens (including phenoxy) is 2. The van der Waals surface area contributed by atoms with E-state index < -0.39 is 0 Å². The van der Waals surface area contributed by atoms with Crippen LogP contribution in [-0.4, -0.2) is 25.0 Å². The van der Waals surface area contributed by atoms with E-state index >= 15 is 0 Å². The van der Waals surface area contributed by atoms with Gasteiger partial charge in [0.25, 0.3) is 5.91 Å². The van der Waals surface area contributed by atoms with Crippen LogP contribution in [-0.2, 0) is 9.59 Å². The number of benzene rings is 1. The third kappa shape index (κ3) is 6.10. The molecule has 1 aliphatic rings. The molecular weight excluding hydrogens is 332 g/mol. The maximum Gasteiger partial charge on any atom is 0.262 e. The van der Waals surface area contributed by atoms with Gasteiger partial charge in [-0.25, -0.2) is 0 Å². The number of hydrogen-bond acceptors (Lipinski definition) is 4. The van der Waals surface area contributed by atoms with E-state index in [0.29, 0.717) is 24.7 Å². The number of amides is 2. The van der Waals surface area contributed by atoms with Crippen molar-refractivity contribution in [1.82, 2.24) is 10.9 Å². The largest absolute Gasteiger partial charge is 0.490 e. The average Bonchev–Trinajstić information content (AvgIpc) is 2.67. The van der Waals surface area contributed by atoms with Gasteiger partial charge in [0.1, 0.15) is 0 Å². The molecule has 0 bridgehead atoms. The predicted molar refractivity (Wildman–Crippen MR) is 101 cm³/mol. The summed E-state index contributed by atoms with van der Waals surface area (Å²) < 4.78 is 11.1. The van der Waals surface area contributed by atoms with Crippen molar-refractivity contribution in [2.75, 3.05) is 13.2 Å². The van der Waals surface area contributed by atoms with Crippen LogP contribution in [0.25, 0.3) is 6.08 Å². The lowest BCUT2D eigenvalue weighted by molar-refractivity contribution is -0.130. The van der Waals surface area contributed by atoms with Gasteiger partial charge in [-0.1, -0.05) is 25.3 Å². The minimum absolute atomic E-state index is 0.00731. The molecule has 0 saturated heterocycles. The van der Waals surface area contributed by atoms with E-state index in [1.54, 1.807) is 6.08 Å². The minimum atomic E-state index is -0.374. The van der Waals surface area contributed by atoms with Crippen LogP contribution in [0.4, 0.5) is 0 Å². The minimum Gasteiger partial charge on any atom is -0.490 e. The van der Waals surface area contributed by atoms with Gasteiger partial charge >= 0.3 is 0 Å². The van der Waals surface area contributed by atoms with Crippen LogP contribution in [0.1, 0.15) is 51.5 Å². The second-order valence-electron chi connectivity index (χ2n) is 6.22. The number of nitrogens with one attached hydrogen (secondary N) is 2. The Kier molecular flexibility index (Phi) is 7.99. The molecule has 6 heteroatoms. The summed E-state index contributed by atoms with van der Waals surface area (Å²) in [6.45, 7) is 4.90. The Bertz CT molecular complexity index is 637. The molecule has 2 amide bonds. The Morgan fingerprint density at radius 2 is 1.73 bits per heavy atom. The molecule has 0 aromatic heterocycles. The summed E-state index contributed by atoms with van der Waals surface area (Å²) in [5.41, 5.74) is 5.76. The van der Waals surface area contributed by atoms with E-state index in [9.17, 15) is 9.59 Å². The van der Waals surface area contributed by atoms with E-state index in [2.05, 4.69) is 10.9 Å². The lowest BCUT2D eigenvalue weighted by Crippen LogP contribution is -2.44. The van der Waals surface area contributed by atoms with Crippen LogP contribution in [0.2, 0.25) is 0 Å². The normalized spacial score (nSPS) is 14.8. The van der Waals surface area contributed by atoms with Gasteiger partial charge in [0.2, 0.25) is 5.91 Å². The van der Waals surface area contributed by atoms with E-state index in [4.69, 9.17) is 9.47 Å². The third-order valence-electron chi connectivity index (χ3n) is 4.28. The van der Waals surface area contributed by atoms with Gasteiger partial charge in [-0.15, -0.1) is 0 Å². The molecule has 142 valence electrons. The molecule has 1 saturated carbocycles. The fourth-order valence-electron chi connectivity index (χ4n) is 2.97. The van der Waals surface area contributed by atoms with E-state index in [1.807, 2.05) is 32.0 Å². The van der Waals surface area contributed by atoms with E-state index in [1.165, 1.54) is 12.5 Å². The summed E-state index contributed by atoms with van der Waals surface area (Å²) in [7, 11) is 0. The van der Waals surface area contributed by atoms with Crippen molar-refractivity contribution in [2.45, 2.75) is 46.0 Å². The summed E-state index contributed by atoms with van der Waals surface area (Å²) >= 11 is 0. The van der Waals surface area contributed by atoms with Crippen LogP contribution < -0.4 is 20.3 Å². The van der Waals surface area contributed by atoms with Crippen molar-refractivity contribution < 1.29 is 19.1 Å². The highest BCUT2D eigenvalue weighted by Crippen LogP contribution is 2.29. The molecule has 0 atom stereocenters. The number of rotatable bonds is 7. The Morgan fingerprint density at radius 3 is 2.42 bits per heavy atom. The zero-order valence-corrected chi connectivity index (χ0v) is 15.5. The van der Waals surface area contributed by atoms with Crippen LogP contribution >= 0.6 is 0 Å². The first-order valence-electron chi connectivity index (χ1n) is 9.31. The van der Waals surface area contributed by atoms with Crippen molar-refractivity contribution in [3.63, 3.8) is 0 Å². The van der Waals surface area contributed by atoms with Gasteiger partial charge in [0.05, 0.1) is 13.2 Å². The summed E-state index contributed by atoms with van der Waals surface area (Å²) in [6, 6.07) is 5.48. The number of carbonyl (C=O) groups excluding carboxylic acids is 2. The molecule has 0 spiro atoms. The standard InChI is InChI=1S/C20H28N2O4/c1-3-25-17-12-10-15(14-18(17)26-4-2)11-13-19(23)21-22-20(24)16-8-6-5-7-9-16/h10-14,16H,3-9H2,1-2H3,(H,21,23)(H,22,24)/b13-11+. The fourth-order valence-corrected chi connectivity index (χ4v) is 2.97. The first-order valence-corrected chi connectivity index (χ1v) is 9.31. The number of hydrazine groups is 1. The van der Waals surface area contributed by atoms with E-state index in [0.717, 1.165) is 31.2 Å². The molecule has 0 unspecified atom stereocenters. The summed E-state index contributed by atoms with van der Waals surface area (Å²) in [4.78, 5) is 23.9. The average molecular weight is 360 g/mol. The molecule has 6 nitrogen and oxygen atoms in total.